The van der Waals surface area contributed by atoms with E-state index >= 15 is 0 Å². The highest BCUT2D eigenvalue weighted by Gasteiger charge is 2.33. The molecule has 0 aliphatic rings. The van der Waals surface area contributed by atoms with Crippen molar-refractivity contribution in [3.05, 3.63) is 37.4 Å². The largest absolute Gasteiger partial charge is 0.406 e. The third-order valence-corrected chi connectivity index (χ3v) is 3.48. The maximum Gasteiger partial charge on any atom is 0.406 e. The van der Waals surface area contributed by atoms with E-state index in [4.69, 9.17) is 0 Å². The quantitative estimate of drug-likeness (QED) is 0.419. The zero-order valence-corrected chi connectivity index (χ0v) is 13.1. The van der Waals surface area contributed by atoms with Crippen molar-refractivity contribution >= 4 is 34.2 Å². The first kappa shape index (κ1) is 17.7. The number of carbonyl (C=O) groups excluding carboxylic acids is 1. The fourth-order valence-corrected chi connectivity index (χ4v) is 2.27. The number of halogens is 4. The van der Waals surface area contributed by atoms with E-state index in [1.54, 1.807) is 29.5 Å². The molecule has 0 spiro atoms. The van der Waals surface area contributed by atoms with Crippen LogP contribution in [0.1, 0.15) is 23.7 Å². The number of hydrogen-bond acceptors (Lipinski definition) is 3. The van der Waals surface area contributed by atoms with E-state index < -0.39 is 23.6 Å². The van der Waals surface area contributed by atoms with E-state index in [-0.39, 0.29) is 17.8 Å². The number of hydrogen-bond donors (Lipinski definition) is 0. The van der Waals surface area contributed by atoms with Crippen molar-refractivity contribution in [2.24, 2.45) is 0 Å². The maximum atomic E-state index is 12.5. The summed E-state index contributed by atoms with van der Waals surface area (Å²) < 4.78 is 37.9. The molecule has 0 heterocycles. The topological polar surface area (TPSA) is 63.5 Å². The van der Waals surface area contributed by atoms with Crippen LogP contribution in [-0.2, 0) is 0 Å². The lowest BCUT2D eigenvalue weighted by Gasteiger charge is -2.23. The molecule has 21 heavy (non-hydrogen) atoms. The maximum absolute atomic E-state index is 12.5. The molecule has 5 nitrogen and oxygen atoms in total. The van der Waals surface area contributed by atoms with Gasteiger partial charge in [-0.3, -0.25) is 14.9 Å². The molecule has 0 atom stereocenters. The van der Waals surface area contributed by atoms with Gasteiger partial charge in [-0.05, 0) is 35.1 Å². The standard InChI is InChI=1S/C12H12F3IN2O3/c1-2-5-17(7-12(13,14)15)11(19)9-6-8(18(20)21)3-4-10(9)16/h3-4,6H,2,5,7H2,1H3. The first-order valence-corrected chi connectivity index (χ1v) is 7.03. The number of amides is 1. The number of nitro benzene ring substituents is 1. The smallest absolute Gasteiger partial charge is 0.330 e. The summed E-state index contributed by atoms with van der Waals surface area (Å²) in [6, 6.07) is 3.54. The average molecular weight is 416 g/mol. The molecule has 1 rings (SSSR count). The zero-order chi connectivity index (χ0) is 16.2. The lowest BCUT2D eigenvalue weighted by molar-refractivity contribution is -0.384. The zero-order valence-electron chi connectivity index (χ0n) is 11.0. The van der Waals surface area contributed by atoms with Crippen molar-refractivity contribution < 1.29 is 22.9 Å². The number of non-ortho nitro benzene ring substituents is 1. The van der Waals surface area contributed by atoms with Crippen LogP contribution in [0.15, 0.2) is 18.2 Å². The summed E-state index contributed by atoms with van der Waals surface area (Å²) in [5, 5.41) is 10.7. The van der Waals surface area contributed by atoms with Crippen LogP contribution in [0.3, 0.4) is 0 Å². The molecular formula is C12H12F3IN2O3. The van der Waals surface area contributed by atoms with Gasteiger partial charge in [0.05, 0.1) is 10.5 Å². The highest BCUT2D eigenvalue weighted by atomic mass is 127. The van der Waals surface area contributed by atoms with Crippen LogP contribution in [0.5, 0.6) is 0 Å². The van der Waals surface area contributed by atoms with Crippen molar-refractivity contribution in [3.63, 3.8) is 0 Å². The van der Waals surface area contributed by atoms with Gasteiger partial charge in [0, 0.05) is 22.2 Å². The van der Waals surface area contributed by atoms with Crippen LogP contribution in [0, 0.1) is 13.7 Å². The molecule has 116 valence electrons. The first-order chi connectivity index (χ1) is 9.65. The number of nitro groups is 1. The van der Waals surface area contributed by atoms with Crippen LogP contribution < -0.4 is 0 Å². The van der Waals surface area contributed by atoms with Crippen molar-refractivity contribution in [3.8, 4) is 0 Å². The number of benzene rings is 1. The van der Waals surface area contributed by atoms with Crippen LogP contribution >= 0.6 is 22.6 Å². The van der Waals surface area contributed by atoms with Crippen LogP contribution in [0.2, 0.25) is 0 Å². The molecule has 1 amide bonds. The molecule has 0 aliphatic heterocycles. The molecule has 0 fully saturated rings. The van der Waals surface area contributed by atoms with Crippen LogP contribution in [0.4, 0.5) is 18.9 Å². The SMILES string of the molecule is CCCN(CC(F)(F)F)C(=O)c1cc([N+](=O)[O-])ccc1I. The van der Waals surface area contributed by atoms with E-state index in [2.05, 4.69) is 0 Å². The van der Waals surface area contributed by atoms with E-state index in [9.17, 15) is 28.1 Å². The van der Waals surface area contributed by atoms with Gasteiger partial charge in [0.15, 0.2) is 0 Å². The third kappa shape index (κ3) is 5.14. The number of alkyl halides is 3. The summed E-state index contributed by atoms with van der Waals surface area (Å²) in [7, 11) is 0. The van der Waals surface area contributed by atoms with E-state index in [1.807, 2.05) is 0 Å². The summed E-state index contributed by atoms with van der Waals surface area (Å²) >= 11 is 1.76. The molecule has 0 unspecified atom stereocenters. The third-order valence-electron chi connectivity index (χ3n) is 2.54. The summed E-state index contributed by atoms with van der Waals surface area (Å²) in [4.78, 5) is 22.9. The van der Waals surface area contributed by atoms with Gasteiger partial charge in [-0.25, -0.2) is 0 Å². The van der Waals surface area contributed by atoms with Gasteiger partial charge in [0.25, 0.3) is 11.6 Å². The second kappa shape index (κ2) is 7.05. The lowest BCUT2D eigenvalue weighted by Crippen LogP contribution is -2.39. The minimum atomic E-state index is -4.52. The van der Waals surface area contributed by atoms with Crippen molar-refractivity contribution in [1.82, 2.24) is 4.90 Å². The van der Waals surface area contributed by atoms with E-state index in [0.717, 1.165) is 6.07 Å². The van der Waals surface area contributed by atoms with Gasteiger partial charge < -0.3 is 4.90 Å². The van der Waals surface area contributed by atoms with Crippen molar-refractivity contribution in [2.75, 3.05) is 13.1 Å². The molecule has 0 saturated carbocycles. The molecule has 1 aromatic rings. The first-order valence-electron chi connectivity index (χ1n) is 5.95. The Bertz CT molecular complexity index is 549. The molecule has 0 aromatic heterocycles. The summed E-state index contributed by atoms with van der Waals surface area (Å²) in [6.45, 7) is 0.199. The summed E-state index contributed by atoms with van der Waals surface area (Å²) in [5.74, 6) is -0.859. The molecule has 0 radical (unpaired) electrons. The molecule has 9 heteroatoms. The Morgan fingerprint density at radius 2 is 2.05 bits per heavy atom. The predicted octanol–water partition coefficient (Wildman–Crippen LogP) is 3.61. The van der Waals surface area contributed by atoms with Crippen molar-refractivity contribution in [1.29, 1.82) is 0 Å². The Kier molecular flexibility index (Phi) is 5.93. The van der Waals surface area contributed by atoms with Gasteiger partial charge >= 0.3 is 6.18 Å². The second-order valence-electron chi connectivity index (χ2n) is 4.26. The number of carbonyl (C=O) groups is 1. The summed E-state index contributed by atoms with van der Waals surface area (Å²) in [5.41, 5.74) is -0.426. The van der Waals surface area contributed by atoms with Gasteiger partial charge in [0.1, 0.15) is 6.54 Å². The van der Waals surface area contributed by atoms with Crippen LogP contribution in [-0.4, -0.2) is 35.0 Å². The monoisotopic (exact) mass is 416 g/mol. The average Bonchev–Trinajstić information content (AvgIpc) is 2.36. The molecule has 0 bridgehead atoms. The minimum Gasteiger partial charge on any atom is -0.330 e. The van der Waals surface area contributed by atoms with Gasteiger partial charge in [-0.1, -0.05) is 6.92 Å². The van der Waals surface area contributed by atoms with Gasteiger partial charge in [0.2, 0.25) is 0 Å². The Balaban J connectivity index is 3.13. The fraction of sp³-hybridized carbons (Fsp3) is 0.417. The number of nitrogens with zero attached hydrogens (tertiary/aromatic N) is 2. The second-order valence-corrected chi connectivity index (χ2v) is 5.43. The predicted molar refractivity (Wildman–Crippen MR) is 78.1 cm³/mol. The molecule has 0 aliphatic carbocycles. The Hall–Kier alpha value is -1.39. The lowest BCUT2D eigenvalue weighted by atomic mass is 10.1. The normalized spacial score (nSPS) is 11.3. The molecule has 1 aromatic carbocycles. The highest BCUT2D eigenvalue weighted by molar-refractivity contribution is 14.1. The van der Waals surface area contributed by atoms with Crippen LogP contribution in [0.25, 0.3) is 0 Å². The van der Waals surface area contributed by atoms with Crippen molar-refractivity contribution in [2.45, 2.75) is 19.5 Å². The van der Waals surface area contributed by atoms with E-state index in [1.165, 1.54) is 12.1 Å². The highest BCUT2D eigenvalue weighted by Crippen LogP contribution is 2.23. The Labute approximate surface area is 132 Å². The molecule has 0 saturated heterocycles. The number of rotatable bonds is 5. The van der Waals surface area contributed by atoms with E-state index in [0.29, 0.717) is 14.9 Å². The molecular weight excluding hydrogens is 404 g/mol. The fourth-order valence-electron chi connectivity index (χ4n) is 1.70. The Morgan fingerprint density at radius 1 is 1.43 bits per heavy atom. The minimum absolute atomic E-state index is 0.0723. The molecule has 0 N–H and O–H groups in total. The summed E-state index contributed by atoms with van der Waals surface area (Å²) in [6.07, 6.45) is -4.16. The van der Waals surface area contributed by atoms with Gasteiger partial charge in [-0.15, -0.1) is 0 Å². The Morgan fingerprint density at radius 3 is 2.52 bits per heavy atom. The van der Waals surface area contributed by atoms with Gasteiger partial charge in [-0.2, -0.15) is 13.2 Å².